The number of anilines is 1. The lowest BCUT2D eigenvalue weighted by Gasteiger charge is -2.17. The van der Waals surface area contributed by atoms with Crippen molar-refractivity contribution < 1.29 is 33.5 Å². The Morgan fingerprint density at radius 2 is 2.19 bits per heavy atom. The van der Waals surface area contributed by atoms with E-state index in [9.17, 15) is 19.7 Å². The molecule has 2 aromatic rings. The Kier molecular flexibility index (Phi) is 5.18. The van der Waals surface area contributed by atoms with E-state index >= 15 is 0 Å². The van der Waals surface area contributed by atoms with Gasteiger partial charge >= 0.3 is 7.82 Å². The molecule has 0 radical (unpaired) electrons. The quantitative estimate of drug-likeness (QED) is 0.265. The van der Waals surface area contributed by atoms with Crippen LogP contribution in [0, 0.1) is 0 Å². The van der Waals surface area contributed by atoms with Crippen molar-refractivity contribution in [1.29, 1.82) is 0 Å². The molecule has 0 bridgehead atoms. The minimum atomic E-state index is -4.41. The SMILES string of the molecule is CN=COP(=O)(O)OC[C@H]1O[C@@H](n2cnc3c(N)ncnc32)[C@H](O)[C@@H]1O. The van der Waals surface area contributed by atoms with Crippen LogP contribution in [0.15, 0.2) is 17.6 Å². The van der Waals surface area contributed by atoms with Gasteiger partial charge in [0.15, 0.2) is 24.1 Å². The summed E-state index contributed by atoms with van der Waals surface area (Å²) >= 11 is 0. The van der Waals surface area contributed by atoms with Gasteiger partial charge in [-0.2, -0.15) is 0 Å². The maximum absolute atomic E-state index is 11.6. The molecule has 14 heteroatoms. The van der Waals surface area contributed by atoms with Crippen LogP contribution in [0.4, 0.5) is 5.82 Å². The zero-order chi connectivity index (χ0) is 18.9. The van der Waals surface area contributed by atoms with Crippen molar-refractivity contribution in [3.05, 3.63) is 12.7 Å². The summed E-state index contributed by atoms with van der Waals surface area (Å²) in [7, 11) is -3.07. The molecular weight excluding hydrogens is 371 g/mol. The van der Waals surface area contributed by atoms with Gasteiger partial charge in [0.2, 0.25) is 0 Å². The molecular formula is C12H17N6O7P. The number of imidazole rings is 1. The van der Waals surface area contributed by atoms with Crippen molar-refractivity contribution >= 4 is 31.2 Å². The fraction of sp³-hybridized carbons (Fsp3) is 0.500. The number of hydrogen-bond acceptors (Lipinski definition) is 11. The molecule has 0 amide bonds. The molecule has 1 aliphatic rings. The summed E-state index contributed by atoms with van der Waals surface area (Å²) in [4.78, 5) is 24.8. The van der Waals surface area contributed by atoms with Crippen molar-refractivity contribution in [2.24, 2.45) is 4.99 Å². The average molecular weight is 388 g/mol. The first-order chi connectivity index (χ1) is 12.3. The molecule has 0 saturated carbocycles. The molecule has 0 spiro atoms. The number of phosphoric acid groups is 1. The lowest BCUT2D eigenvalue weighted by atomic mass is 10.1. The fourth-order valence-electron chi connectivity index (χ4n) is 2.46. The molecule has 3 rings (SSSR count). The van der Waals surface area contributed by atoms with Gasteiger partial charge in [-0.1, -0.05) is 0 Å². The fourth-order valence-corrected chi connectivity index (χ4v) is 3.07. The Balaban J connectivity index is 1.75. The first-order valence-corrected chi connectivity index (χ1v) is 8.84. The highest BCUT2D eigenvalue weighted by Gasteiger charge is 2.45. The number of nitrogens with zero attached hydrogens (tertiary/aromatic N) is 5. The Morgan fingerprint density at radius 3 is 2.92 bits per heavy atom. The lowest BCUT2D eigenvalue weighted by Crippen LogP contribution is -2.33. The minimum absolute atomic E-state index is 0.151. The van der Waals surface area contributed by atoms with Gasteiger partial charge in [-0.3, -0.25) is 19.0 Å². The van der Waals surface area contributed by atoms with E-state index in [1.165, 1.54) is 24.3 Å². The largest absolute Gasteiger partial charge is 0.528 e. The molecule has 1 unspecified atom stereocenters. The molecule has 0 aliphatic carbocycles. The van der Waals surface area contributed by atoms with E-state index in [-0.39, 0.29) is 5.82 Å². The maximum Gasteiger partial charge on any atom is 0.528 e. The zero-order valence-electron chi connectivity index (χ0n) is 13.5. The molecule has 1 saturated heterocycles. The van der Waals surface area contributed by atoms with Crippen LogP contribution in [0.25, 0.3) is 11.2 Å². The summed E-state index contributed by atoms with van der Waals surface area (Å²) in [6, 6.07) is 0. The lowest BCUT2D eigenvalue weighted by molar-refractivity contribution is -0.0501. The highest BCUT2D eigenvalue weighted by atomic mass is 31.2. The zero-order valence-corrected chi connectivity index (χ0v) is 14.4. The Labute approximate surface area is 146 Å². The van der Waals surface area contributed by atoms with Gasteiger partial charge in [0.05, 0.1) is 12.9 Å². The normalized spacial score (nSPS) is 28.6. The predicted octanol–water partition coefficient (Wildman–Crippen LogP) is -1.18. The molecule has 5 atom stereocenters. The van der Waals surface area contributed by atoms with Gasteiger partial charge in [0, 0.05) is 7.05 Å². The monoisotopic (exact) mass is 388 g/mol. The number of phosphoric ester groups is 1. The number of rotatable bonds is 6. The first kappa shape index (κ1) is 18.6. The summed E-state index contributed by atoms with van der Waals surface area (Å²) in [5, 5.41) is 20.4. The molecule has 5 N–H and O–H groups in total. The van der Waals surface area contributed by atoms with Crippen LogP contribution >= 0.6 is 7.82 Å². The summed E-state index contributed by atoms with van der Waals surface area (Å²) in [5.41, 5.74) is 6.32. The van der Waals surface area contributed by atoms with Crippen LogP contribution in [0.3, 0.4) is 0 Å². The molecule has 13 nitrogen and oxygen atoms in total. The van der Waals surface area contributed by atoms with E-state index in [1.54, 1.807) is 0 Å². The number of nitrogens with two attached hydrogens (primary N) is 1. The second kappa shape index (κ2) is 7.23. The third kappa shape index (κ3) is 3.53. The van der Waals surface area contributed by atoms with Crippen LogP contribution in [0.5, 0.6) is 0 Å². The van der Waals surface area contributed by atoms with E-state index < -0.39 is 39.0 Å². The number of hydrogen-bond donors (Lipinski definition) is 4. The molecule has 2 aromatic heterocycles. The predicted molar refractivity (Wildman–Crippen MR) is 86.9 cm³/mol. The number of aliphatic hydroxyl groups is 2. The topological polar surface area (TPSA) is 187 Å². The third-order valence-corrected chi connectivity index (χ3v) is 4.52. The third-order valence-electron chi connectivity index (χ3n) is 3.69. The molecule has 1 fully saturated rings. The Bertz CT molecular complexity index is 860. The van der Waals surface area contributed by atoms with Gasteiger partial charge in [0.1, 0.15) is 30.2 Å². The van der Waals surface area contributed by atoms with E-state index in [0.717, 1.165) is 6.40 Å². The van der Waals surface area contributed by atoms with Crippen LogP contribution in [-0.2, 0) is 18.3 Å². The average Bonchev–Trinajstić information content (AvgIpc) is 3.15. The molecule has 0 aromatic carbocycles. The van der Waals surface area contributed by atoms with Crippen molar-refractivity contribution in [2.75, 3.05) is 19.4 Å². The van der Waals surface area contributed by atoms with E-state index in [2.05, 4.69) is 24.5 Å². The Morgan fingerprint density at radius 1 is 1.42 bits per heavy atom. The summed E-state index contributed by atoms with van der Waals surface area (Å²) < 4.78 is 27.7. The summed E-state index contributed by atoms with van der Waals surface area (Å²) in [6.07, 6.45) is -1.61. The smallest absolute Gasteiger partial charge is 0.393 e. The minimum Gasteiger partial charge on any atom is -0.393 e. The number of aliphatic imine (C=N–C) groups is 1. The second-order valence-electron chi connectivity index (χ2n) is 5.36. The van der Waals surface area contributed by atoms with Crippen LogP contribution in [0.2, 0.25) is 0 Å². The number of ether oxygens (including phenoxy) is 1. The van der Waals surface area contributed by atoms with Gasteiger partial charge in [-0.15, -0.1) is 0 Å². The summed E-state index contributed by atoms with van der Waals surface area (Å²) in [6.45, 7) is -0.510. The van der Waals surface area contributed by atoms with Crippen LogP contribution in [0.1, 0.15) is 6.23 Å². The van der Waals surface area contributed by atoms with Gasteiger partial charge in [-0.25, -0.2) is 19.5 Å². The highest BCUT2D eigenvalue weighted by Crippen LogP contribution is 2.43. The van der Waals surface area contributed by atoms with Crippen molar-refractivity contribution in [3.63, 3.8) is 0 Å². The summed E-state index contributed by atoms with van der Waals surface area (Å²) in [5.74, 6) is 0.151. The van der Waals surface area contributed by atoms with Crippen LogP contribution in [-0.4, -0.2) is 73.0 Å². The molecule has 1 aliphatic heterocycles. The van der Waals surface area contributed by atoms with Crippen molar-refractivity contribution in [1.82, 2.24) is 19.5 Å². The number of aromatic nitrogens is 4. The van der Waals surface area contributed by atoms with Crippen molar-refractivity contribution in [2.45, 2.75) is 24.5 Å². The van der Waals surface area contributed by atoms with Gasteiger partial charge in [0.25, 0.3) is 0 Å². The van der Waals surface area contributed by atoms with E-state index in [1.807, 2.05) is 0 Å². The van der Waals surface area contributed by atoms with E-state index in [4.69, 9.17) is 15.0 Å². The van der Waals surface area contributed by atoms with Gasteiger partial charge < -0.3 is 25.2 Å². The van der Waals surface area contributed by atoms with Crippen LogP contribution < -0.4 is 5.73 Å². The Hall–Kier alpha value is -2.15. The number of nitrogen functional groups attached to an aromatic ring is 1. The molecule has 142 valence electrons. The highest BCUT2D eigenvalue weighted by molar-refractivity contribution is 7.47. The maximum atomic E-state index is 11.6. The van der Waals surface area contributed by atoms with Crippen molar-refractivity contribution in [3.8, 4) is 0 Å². The number of aliphatic hydroxyl groups excluding tert-OH is 2. The second-order valence-corrected chi connectivity index (χ2v) is 6.77. The van der Waals surface area contributed by atoms with Gasteiger partial charge in [-0.05, 0) is 0 Å². The number of fused-ring (bicyclic) bond motifs is 1. The molecule has 3 heterocycles. The molecule has 26 heavy (non-hydrogen) atoms. The standard InChI is InChI=1S/C12H17N6O7P/c1-14-5-24-26(21,22)23-2-6-8(19)9(20)12(25-6)18-4-17-7-10(13)15-3-16-11(7)18/h3-6,8-9,12,19-20H,2H2,1H3,(H,21,22)(H2,13,15,16)/t6-,8-,9-,12-/m1/s1. The first-order valence-electron chi connectivity index (χ1n) is 7.35. The van der Waals surface area contributed by atoms with E-state index in [0.29, 0.717) is 11.2 Å².